The monoisotopic (exact) mass is 185 g/mol. The van der Waals surface area contributed by atoms with Crippen molar-refractivity contribution in [1.29, 1.82) is 0 Å². The molecule has 12 heavy (non-hydrogen) atoms. The second-order valence-electron chi connectivity index (χ2n) is 3.07. The molecule has 0 aromatic rings. The summed E-state index contributed by atoms with van der Waals surface area (Å²) in [5, 5.41) is 2.52. The van der Waals surface area contributed by atoms with Crippen molar-refractivity contribution in [2.75, 3.05) is 11.5 Å². The lowest BCUT2D eigenvalue weighted by Crippen LogP contribution is -2.35. The Labute approximate surface area is 75.0 Å². The van der Waals surface area contributed by atoms with Gasteiger partial charge in [-0.2, -0.15) is 11.8 Å². The summed E-state index contributed by atoms with van der Waals surface area (Å²) >= 11 is 1.88. The molecule has 66 valence electrons. The van der Waals surface area contributed by atoms with Gasteiger partial charge in [0, 0.05) is 5.92 Å². The van der Waals surface area contributed by atoms with E-state index in [9.17, 15) is 4.79 Å². The third-order valence-electron chi connectivity index (χ3n) is 2.21. The second-order valence-corrected chi connectivity index (χ2v) is 4.22. The summed E-state index contributed by atoms with van der Waals surface area (Å²) in [5.74, 6) is 2.83. The van der Waals surface area contributed by atoms with Crippen molar-refractivity contribution in [2.24, 2.45) is 16.6 Å². The molecule has 0 spiro atoms. The van der Waals surface area contributed by atoms with Crippen LogP contribution in [0.3, 0.4) is 0 Å². The minimum absolute atomic E-state index is 0.0278. The van der Waals surface area contributed by atoms with Crippen LogP contribution >= 0.6 is 11.8 Å². The number of aliphatic imine (C=N–C) groups is 1. The molecule has 0 saturated carbocycles. The predicted octanol–water partition coefficient (Wildman–Crippen LogP) is -0.447. The van der Waals surface area contributed by atoms with Crippen molar-refractivity contribution in [2.45, 2.75) is 12.5 Å². The lowest BCUT2D eigenvalue weighted by Gasteiger charge is -2.10. The van der Waals surface area contributed by atoms with Gasteiger partial charge in [0.25, 0.3) is 5.91 Å². The Kier molecular flexibility index (Phi) is 1.96. The third-order valence-corrected chi connectivity index (χ3v) is 3.40. The van der Waals surface area contributed by atoms with Crippen molar-refractivity contribution in [1.82, 2.24) is 5.32 Å². The summed E-state index contributed by atoms with van der Waals surface area (Å²) in [4.78, 5) is 15.3. The molecule has 0 bridgehead atoms. The van der Waals surface area contributed by atoms with Crippen LogP contribution in [-0.4, -0.2) is 29.4 Å². The van der Waals surface area contributed by atoms with Gasteiger partial charge in [-0.25, -0.2) is 4.99 Å². The van der Waals surface area contributed by atoms with E-state index in [0.717, 1.165) is 17.9 Å². The molecule has 1 fully saturated rings. The van der Waals surface area contributed by atoms with Crippen molar-refractivity contribution in [3.05, 3.63) is 0 Å². The molecule has 0 radical (unpaired) electrons. The molecule has 2 heterocycles. The molecule has 1 saturated heterocycles. The maximum atomic E-state index is 11.3. The number of thioether (sulfide) groups is 1. The van der Waals surface area contributed by atoms with Crippen molar-refractivity contribution < 1.29 is 4.79 Å². The van der Waals surface area contributed by atoms with Gasteiger partial charge in [0.15, 0.2) is 5.96 Å². The van der Waals surface area contributed by atoms with E-state index in [4.69, 9.17) is 5.73 Å². The first-order chi connectivity index (χ1) is 5.77. The molecule has 2 aliphatic heterocycles. The molecule has 0 aromatic heterocycles. The van der Waals surface area contributed by atoms with E-state index in [1.165, 1.54) is 0 Å². The van der Waals surface area contributed by atoms with Crippen molar-refractivity contribution in [3.63, 3.8) is 0 Å². The number of nitrogens with one attached hydrogen (secondary N) is 1. The number of nitrogens with two attached hydrogens (primary N) is 1. The number of carbonyl (C=O) groups is 1. The van der Waals surface area contributed by atoms with Crippen LogP contribution in [0.5, 0.6) is 0 Å². The molecule has 1 amide bonds. The van der Waals surface area contributed by atoms with Crippen LogP contribution in [-0.2, 0) is 4.79 Å². The molecule has 5 heteroatoms. The number of hydrogen-bond donors (Lipinski definition) is 2. The quantitative estimate of drug-likeness (QED) is 0.581. The van der Waals surface area contributed by atoms with E-state index in [1.54, 1.807) is 0 Å². The van der Waals surface area contributed by atoms with Gasteiger partial charge >= 0.3 is 0 Å². The maximum absolute atomic E-state index is 11.3. The molecule has 0 aromatic carbocycles. The Hall–Kier alpha value is -0.710. The van der Waals surface area contributed by atoms with Gasteiger partial charge in [0.1, 0.15) is 6.04 Å². The number of amides is 1. The number of rotatable bonds is 1. The molecule has 2 atom stereocenters. The third kappa shape index (κ3) is 1.29. The highest BCUT2D eigenvalue weighted by Crippen LogP contribution is 2.28. The maximum Gasteiger partial charge on any atom is 0.251 e. The average molecular weight is 185 g/mol. The fourth-order valence-corrected chi connectivity index (χ4v) is 2.85. The highest BCUT2D eigenvalue weighted by atomic mass is 32.2. The fourth-order valence-electron chi connectivity index (χ4n) is 1.56. The first-order valence-corrected chi connectivity index (χ1v) is 5.15. The van der Waals surface area contributed by atoms with Gasteiger partial charge in [-0.15, -0.1) is 0 Å². The molecular weight excluding hydrogens is 174 g/mol. The minimum Gasteiger partial charge on any atom is -0.370 e. The van der Waals surface area contributed by atoms with Gasteiger partial charge in [-0.1, -0.05) is 0 Å². The van der Waals surface area contributed by atoms with Crippen molar-refractivity contribution in [3.8, 4) is 0 Å². The lowest BCUT2D eigenvalue weighted by atomic mass is 10.00. The molecular formula is C7H11N3OS. The van der Waals surface area contributed by atoms with Crippen LogP contribution in [0.1, 0.15) is 6.42 Å². The number of carbonyl (C=O) groups excluding carboxylic acids is 1. The van der Waals surface area contributed by atoms with Crippen LogP contribution in [0.2, 0.25) is 0 Å². The fraction of sp³-hybridized carbons (Fsp3) is 0.714. The summed E-state index contributed by atoms with van der Waals surface area (Å²) in [6, 6.07) is -0.208. The van der Waals surface area contributed by atoms with Gasteiger partial charge in [-0.05, 0) is 17.9 Å². The summed E-state index contributed by atoms with van der Waals surface area (Å²) < 4.78 is 0. The molecule has 2 aliphatic rings. The Morgan fingerprint density at radius 1 is 1.67 bits per heavy atom. The van der Waals surface area contributed by atoms with Crippen LogP contribution < -0.4 is 11.1 Å². The van der Waals surface area contributed by atoms with Gasteiger partial charge in [-0.3, -0.25) is 10.1 Å². The molecule has 4 nitrogen and oxygen atoms in total. The van der Waals surface area contributed by atoms with Crippen LogP contribution in [0.4, 0.5) is 0 Å². The smallest absolute Gasteiger partial charge is 0.251 e. The standard InChI is InChI=1S/C7H11N3OS/c8-7-9-5(6(11)10-7)4-1-2-12-3-4/h4-5H,1-3H2,(H3,8,9,10,11). The average Bonchev–Trinajstić information content (AvgIpc) is 2.58. The molecule has 2 rings (SSSR count). The summed E-state index contributed by atoms with van der Waals surface area (Å²) in [7, 11) is 0. The summed E-state index contributed by atoms with van der Waals surface area (Å²) in [6.07, 6.45) is 1.08. The summed E-state index contributed by atoms with van der Waals surface area (Å²) in [5.41, 5.74) is 5.39. The number of nitrogens with zero attached hydrogens (tertiary/aromatic N) is 1. The van der Waals surface area contributed by atoms with E-state index < -0.39 is 0 Å². The first kappa shape index (κ1) is 7.91. The van der Waals surface area contributed by atoms with E-state index in [-0.39, 0.29) is 17.9 Å². The lowest BCUT2D eigenvalue weighted by molar-refractivity contribution is -0.120. The zero-order chi connectivity index (χ0) is 8.55. The predicted molar refractivity (Wildman–Crippen MR) is 49.0 cm³/mol. The number of guanidine groups is 1. The van der Waals surface area contributed by atoms with E-state index in [2.05, 4.69) is 10.3 Å². The van der Waals surface area contributed by atoms with E-state index in [1.807, 2.05) is 11.8 Å². The van der Waals surface area contributed by atoms with Gasteiger partial charge < -0.3 is 5.73 Å². The zero-order valence-electron chi connectivity index (χ0n) is 6.62. The Balaban J connectivity index is 2.07. The minimum atomic E-state index is -0.208. The van der Waals surface area contributed by atoms with Crippen LogP contribution in [0.15, 0.2) is 4.99 Å². The summed E-state index contributed by atoms with van der Waals surface area (Å²) in [6.45, 7) is 0. The molecule has 3 N–H and O–H groups in total. The second kappa shape index (κ2) is 2.97. The van der Waals surface area contributed by atoms with Crippen LogP contribution in [0.25, 0.3) is 0 Å². The largest absolute Gasteiger partial charge is 0.370 e. The topological polar surface area (TPSA) is 67.5 Å². The van der Waals surface area contributed by atoms with Gasteiger partial charge in [0.2, 0.25) is 0 Å². The SMILES string of the molecule is NC1=NC(C2CCSC2)C(=O)N1. The van der Waals surface area contributed by atoms with Gasteiger partial charge in [0.05, 0.1) is 0 Å². The number of hydrogen-bond acceptors (Lipinski definition) is 4. The normalized spacial score (nSPS) is 35.0. The highest BCUT2D eigenvalue weighted by Gasteiger charge is 2.34. The van der Waals surface area contributed by atoms with Crippen molar-refractivity contribution >= 4 is 23.6 Å². The zero-order valence-corrected chi connectivity index (χ0v) is 7.43. The Morgan fingerprint density at radius 3 is 3.00 bits per heavy atom. The van der Waals surface area contributed by atoms with E-state index in [0.29, 0.717) is 5.92 Å². The van der Waals surface area contributed by atoms with E-state index >= 15 is 0 Å². The van der Waals surface area contributed by atoms with Crippen LogP contribution in [0, 0.1) is 5.92 Å². The highest BCUT2D eigenvalue weighted by molar-refractivity contribution is 7.99. The Morgan fingerprint density at radius 2 is 2.50 bits per heavy atom. The molecule has 2 unspecified atom stereocenters. The first-order valence-electron chi connectivity index (χ1n) is 3.99. The molecule has 0 aliphatic carbocycles. The Bertz CT molecular complexity index is 235.